The fraction of sp³-hybridized carbons (Fsp3) is 1.00. The van der Waals surface area contributed by atoms with Gasteiger partial charge in [0.1, 0.15) is 0 Å². The van der Waals surface area contributed by atoms with E-state index in [1.807, 2.05) is 11.9 Å². The number of nitrogens with zero attached hydrogens (tertiary/aromatic N) is 1. The normalized spacial score (nSPS) is 31.9. The van der Waals surface area contributed by atoms with Gasteiger partial charge in [-0.05, 0) is 125 Å². The molecule has 6 atom stereocenters. The summed E-state index contributed by atoms with van der Waals surface area (Å²) in [5.74, 6) is 4.98. The van der Waals surface area contributed by atoms with Crippen LogP contribution in [0.3, 0.4) is 0 Å². The minimum absolute atomic E-state index is 0. The Morgan fingerprint density at radius 2 is 1.49 bits per heavy atom. The monoisotopic (exact) mass is 693 g/mol. The molecule has 0 bridgehead atoms. The summed E-state index contributed by atoms with van der Waals surface area (Å²) in [4.78, 5) is 2.80. The van der Waals surface area contributed by atoms with E-state index in [1.165, 1.54) is 110 Å². The van der Waals surface area contributed by atoms with Crippen molar-refractivity contribution in [3.05, 3.63) is 0 Å². The molecule has 0 amide bonds. The predicted molar refractivity (Wildman–Crippen MR) is 196 cm³/mol. The Hall–Kier alpha value is 0.240. The van der Waals surface area contributed by atoms with Gasteiger partial charge in [-0.1, -0.05) is 60.4 Å². The minimum Gasteiger partial charge on any atom is -0.412 e. The van der Waals surface area contributed by atoms with E-state index in [0.29, 0.717) is 28.1 Å². The molecule has 278 valence electrons. The molecule has 2 aliphatic heterocycles. The SMILES string of the molecule is C.CC1CCC(SNCC2CCCC(CN[C@@H](CN3CC[C@H](C4CCC(Cl)CC4)C(C)(C)C3)C(C)C)C2)NC1.O.O.O.O.O.O. The standard InChI is InChI=1S/C32H61ClN4S.CH4.6H2O/c1-23(2)30(21-37-16-15-29(32(4,5)22-37)27-10-12-28(33)13-11-27)34-19-25-7-6-8-26(17-25)20-36-38-31-14-9-24(3)18-35-31;;;;;;;/h23-31,34-36H,6-22H2,1-5H3;1H4;6*1H2/t24?,25?,26?,27?,28?,29-,30+,31?;;;;;;;/m1......./s1. The molecule has 2 saturated heterocycles. The summed E-state index contributed by atoms with van der Waals surface area (Å²) < 4.78 is 3.75. The summed E-state index contributed by atoms with van der Waals surface area (Å²) in [6, 6.07) is 0.600. The van der Waals surface area contributed by atoms with Crippen molar-refractivity contribution in [3.8, 4) is 0 Å². The van der Waals surface area contributed by atoms with E-state index in [0.717, 1.165) is 29.6 Å². The molecule has 12 heteroatoms. The maximum Gasteiger partial charge on any atom is 0.0679 e. The lowest BCUT2D eigenvalue weighted by Gasteiger charge is -2.49. The maximum atomic E-state index is 6.43. The molecule has 0 aromatic carbocycles. The minimum atomic E-state index is 0. The summed E-state index contributed by atoms with van der Waals surface area (Å²) in [5, 5.41) is 8.82. The number of piperidine rings is 2. The largest absolute Gasteiger partial charge is 0.412 e. The van der Waals surface area contributed by atoms with Crippen LogP contribution in [0.2, 0.25) is 0 Å². The van der Waals surface area contributed by atoms with Crippen LogP contribution in [0.25, 0.3) is 0 Å². The van der Waals surface area contributed by atoms with Gasteiger partial charge in [-0.2, -0.15) is 0 Å². The van der Waals surface area contributed by atoms with Crippen molar-refractivity contribution in [1.29, 1.82) is 0 Å². The quantitative estimate of drug-likeness (QED) is 0.218. The fourth-order valence-corrected chi connectivity index (χ4v) is 9.43. The fourth-order valence-electron chi connectivity index (χ4n) is 8.22. The van der Waals surface area contributed by atoms with Crippen LogP contribution in [-0.4, -0.2) is 93.8 Å². The van der Waals surface area contributed by atoms with E-state index in [9.17, 15) is 0 Å². The first-order valence-electron chi connectivity index (χ1n) is 16.4. The molecule has 15 N–H and O–H groups in total. The van der Waals surface area contributed by atoms with Crippen molar-refractivity contribution in [2.24, 2.45) is 40.9 Å². The molecule has 0 aromatic heterocycles. The molecule has 2 aliphatic carbocycles. The third kappa shape index (κ3) is 16.5. The van der Waals surface area contributed by atoms with Crippen molar-refractivity contribution in [2.45, 2.75) is 129 Å². The van der Waals surface area contributed by atoms with Gasteiger partial charge in [-0.15, -0.1) is 11.6 Å². The molecule has 2 saturated carbocycles. The Kier molecular flexibility index (Phi) is 29.2. The van der Waals surface area contributed by atoms with Crippen molar-refractivity contribution >= 4 is 23.5 Å². The van der Waals surface area contributed by atoms with Gasteiger partial charge in [0.25, 0.3) is 0 Å². The van der Waals surface area contributed by atoms with E-state index >= 15 is 0 Å². The highest BCUT2D eigenvalue weighted by Crippen LogP contribution is 2.45. The zero-order valence-electron chi connectivity index (χ0n) is 28.5. The van der Waals surface area contributed by atoms with Gasteiger partial charge >= 0.3 is 0 Å². The number of alkyl halides is 1. The van der Waals surface area contributed by atoms with Crippen LogP contribution in [0.4, 0.5) is 0 Å². The van der Waals surface area contributed by atoms with Gasteiger partial charge in [0, 0.05) is 31.1 Å². The van der Waals surface area contributed by atoms with E-state index in [1.54, 1.807) is 0 Å². The van der Waals surface area contributed by atoms with Crippen LogP contribution in [0.15, 0.2) is 0 Å². The second kappa shape index (κ2) is 25.2. The lowest BCUT2D eigenvalue weighted by molar-refractivity contribution is 0.00453. The lowest BCUT2D eigenvalue weighted by Crippen LogP contribution is -2.53. The van der Waals surface area contributed by atoms with Gasteiger partial charge in [-0.3, -0.25) is 4.72 Å². The van der Waals surface area contributed by atoms with Gasteiger partial charge in [0.15, 0.2) is 0 Å². The van der Waals surface area contributed by atoms with Crippen molar-refractivity contribution in [2.75, 3.05) is 39.3 Å². The zero-order chi connectivity index (χ0) is 27.1. The summed E-state index contributed by atoms with van der Waals surface area (Å²) in [5.41, 5.74) is 0.413. The van der Waals surface area contributed by atoms with Crippen LogP contribution >= 0.6 is 23.5 Å². The average Bonchev–Trinajstić information content (AvgIpc) is 2.88. The highest BCUT2D eigenvalue weighted by atomic mass is 35.5. The Morgan fingerprint density at radius 3 is 2.04 bits per heavy atom. The molecule has 4 aliphatic rings. The third-order valence-electron chi connectivity index (χ3n) is 10.7. The second-order valence-electron chi connectivity index (χ2n) is 14.8. The molecule has 4 unspecified atom stereocenters. The number of hydrogen-bond acceptors (Lipinski definition) is 5. The van der Waals surface area contributed by atoms with Crippen LogP contribution in [-0.2, 0) is 0 Å². The molecular weight excluding hydrogens is 616 g/mol. The van der Waals surface area contributed by atoms with Gasteiger partial charge in [0.05, 0.1) is 5.37 Å². The topological polar surface area (TPSA) is 228 Å². The van der Waals surface area contributed by atoms with Gasteiger partial charge < -0.3 is 48.4 Å². The van der Waals surface area contributed by atoms with Gasteiger partial charge in [0.2, 0.25) is 0 Å². The Morgan fingerprint density at radius 1 is 0.867 bits per heavy atom. The first-order valence-corrected chi connectivity index (χ1v) is 17.7. The number of rotatable bonds is 11. The molecule has 4 rings (SSSR count). The second-order valence-corrected chi connectivity index (χ2v) is 16.5. The average molecular weight is 694 g/mol. The van der Waals surface area contributed by atoms with Crippen LogP contribution in [0.1, 0.15) is 113 Å². The Labute approximate surface area is 285 Å². The molecule has 0 aromatic rings. The summed E-state index contributed by atoms with van der Waals surface area (Å²) in [6.45, 7) is 19.6. The molecule has 10 nitrogen and oxygen atoms in total. The van der Waals surface area contributed by atoms with E-state index in [-0.39, 0.29) is 40.3 Å². The van der Waals surface area contributed by atoms with Crippen molar-refractivity contribution < 1.29 is 32.9 Å². The van der Waals surface area contributed by atoms with Gasteiger partial charge in [-0.25, -0.2) is 0 Å². The Balaban J connectivity index is -0.00000120. The third-order valence-corrected chi connectivity index (χ3v) is 12.2. The van der Waals surface area contributed by atoms with E-state index < -0.39 is 0 Å². The number of nitrogens with one attached hydrogen (secondary N) is 3. The molecule has 45 heavy (non-hydrogen) atoms. The van der Waals surface area contributed by atoms with Crippen molar-refractivity contribution in [3.63, 3.8) is 0 Å². The summed E-state index contributed by atoms with van der Waals surface area (Å²) >= 11 is 8.39. The Bertz CT molecular complexity index is 700. The molecule has 4 fully saturated rings. The first-order chi connectivity index (χ1) is 18.2. The highest BCUT2D eigenvalue weighted by Gasteiger charge is 2.41. The lowest BCUT2D eigenvalue weighted by atomic mass is 9.64. The highest BCUT2D eigenvalue weighted by molar-refractivity contribution is 7.98. The van der Waals surface area contributed by atoms with E-state index in [2.05, 4.69) is 54.9 Å². The number of hydrogen-bond donors (Lipinski definition) is 3. The number of likely N-dealkylation sites (tertiary alicyclic amines) is 1. The zero-order valence-corrected chi connectivity index (χ0v) is 30.0. The van der Waals surface area contributed by atoms with Crippen LogP contribution < -0.4 is 15.4 Å². The molecule has 0 spiro atoms. The first kappa shape index (κ1) is 52.1. The predicted octanol–water partition coefficient (Wildman–Crippen LogP) is 2.82. The molecular formula is C33H77ClN4O6S. The smallest absolute Gasteiger partial charge is 0.0679 e. The summed E-state index contributed by atoms with van der Waals surface area (Å²) in [7, 11) is 0. The van der Waals surface area contributed by atoms with Crippen molar-refractivity contribution in [1.82, 2.24) is 20.3 Å². The molecule has 0 radical (unpaired) electrons. The maximum absolute atomic E-state index is 6.43. The van der Waals surface area contributed by atoms with E-state index in [4.69, 9.17) is 11.6 Å². The molecule has 2 heterocycles. The van der Waals surface area contributed by atoms with Crippen LogP contribution in [0, 0.1) is 40.9 Å². The summed E-state index contributed by atoms with van der Waals surface area (Å²) in [6.07, 6.45) is 14.8. The number of halogens is 1. The van der Waals surface area contributed by atoms with Crippen LogP contribution in [0.5, 0.6) is 0 Å².